The van der Waals surface area contributed by atoms with E-state index in [-0.39, 0.29) is 35.1 Å². The Hall–Kier alpha value is -2.38. The van der Waals surface area contributed by atoms with Gasteiger partial charge in [-0.05, 0) is 30.3 Å². The molecule has 0 radical (unpaired) electrons. The average Bonchev–Trinajstić information content (AvgIpc) is 2.82. The summed E-state index contributed by atoms with van der Waals surface area (Å²) in [5, 5.41) is 4.03. The minimum Gasteiger partial charge on any atom is -0.276 e. The second-order valence-corrected chi connectivity index (χ2v) is 6.07. The van der Waals surface area contributed by atoms with Crippen LogP contribution in [0, 0.1) is 17.5 Å². The number of aliphatic imine (C=N–C) groups is 2. The molecule has 0 spiro atoms. The van der Waals surface area contributed by atoms with Crippen LogP contribution < -0.4 is 5.43 Å². The zero-order chi connectivity index (χ0) is 19.4. The summed E-state index contributed by atoms with van der Waals surface area (Å²) in [7, 11) is 0. The molecule has 9 heteroatoms. The molecular weight excluding hydrogens is 400 g/mol. The van der Waals surface area contributed by atoms with E-state index in [1.165, 1.54) is 18.2 Å². The van der Waals surface area contributed by atoms with Crippen LogP contribution in [0.5, 0.6) is 0 Å². The van der Waals surface area contributed by atoms with Gasteiger partial charge < -0.3 is 0 Å². The lowest BCUT2D eigenvalue weighted by Crippen LogP contribution is -2.23. The molecule has 0 amide bonds. The van der Waals surface area contributed by atoms with Crippen molar-refractivity contribution in [3.05, 3.63) is 65.0 Å². The fraction of sp³-hybridized carbons (Fsp3) is 0.167. The smallest absolute Gasteiger partial charge is 0.144 e. The second kappa shape index (κ2) is 8.54. The van der Waals surface area contributed by atoms with Gasteiger partial charge in [0.1, 0.15) is 23.3 Å². The third-order valence-electron chi connectivity index (χ3n) is 3.71. The minimum absolute atomic E-state index is 0.0282. The number of rotatable bonds is 4. The first-order valence-corrected chi connectivity index (χ1v) is 8.90. The molecule has 0 saturated heterocycles. The number of hydrogen-bond donors (Lipinski definition) is 1. The van der Waals surface area contributed by atoms with Crippen molar-refractivity contribution < 1.29 is 13.2 Å². The highest BCUT2D eigenvalue weighted by molar-refractivity contribution is 6.37. The van der Waals surface area contributed by atoms with E-state index in [0.29, 0.717) is 17.2 Å². The molecule has 0 atom stereocenters. The zero-order valence-electron chi connectivity index (χ0n) is 13.8. The lowest BCUT2D eigenvalue weighted by molar-refractivity contribution is 0.579. The van der Waals surface area contributed by atoms with Crippen LogP contribution in [0.3, 0.4) is 0 Å². The molecule has 0 bridgehead atoms. The fourth-order valence-corrected chi connectivity index (χ4v) is 2.86. The Morgan fingerprint density at radius 1 is 1.07 bits per heavy atom. The van der Waals surface area contributed by atoms with Crippen molar-refractivity contribution in [2.75, 3.05) is 18.3 Å². The molecule has 140 valence electrons. The maximum atomic E-state index is 14.3. The summed E-state index contributed by atoms with van der Waals surface area (Å²) in [5.41, 5.74) is 3.29. The Kier molecular flexibility index (Phi) is 6.13. The molecule has 0 fully saturated rings. The number of hydrazone groups is 1. The van der Waals surface area contributed by atoms with Crippen molar-refractivity contribution in [1.29, 1.82) is 0 Å². The largest absolute Gasteiger partial charge is 0.276 e. The Morgan fingerprint density at radius 3 is 2.44 bits per heavy atom. The van der Waals surface area contributed by atoms with Crippen molar-refractivity contribution in [1.82, 2.24) is 5.43 Å². The van der Waals surface area contributed by atoms with Gasteiger partial charge in [0, 0.05) is 5.56 Å². The molecule has 0 unspecified atom stereocenters. The van der Waals surface area contributed by atoms with Gasteiger partial charge in [-0.15, -0.1) is 23.2 Å². The lowest BCUT2D eigenvalue weighted by atomic mass is 9.99. The van der Waals surface area contributed by atoms with E-state index in [1.807, 2.05) is 0 Å². The summed E-state index contributed by atoms with van der Waals surface area (Å²) in [5.74, 6) is -1.63. The second-order valence-electron chi connectivity index (χ2n) is 5.54. The summed E-state index contributed by atoms with van der Waals surface area (Å²) in [6.07, 6.45) is 0. The molecule has 4 nitrogen and oxygen atoms in total. The maximum absolute atomic E-state index is 14.3. The van der Waals surface area contributed by atoms with Crippen LogP contribution in [0.15, 0.2) is 51.5 Å². The van der Waals surface area contributed by atoms with Gasteiger partial charge in [-0.25, -0.2) is 18.2 Å². The Bertz CT molecular complexity index is 931. The summed E-state index contributed by atoms with van der Waals surface area (Å²) < 4.78 is 42.4. The Morgan fingerprint density at radius 2 is 1.78 bits per heavy atom. The molecule has 1 N–H and O–H groups in total. The third kappa shape index (κ3) is 4.31. The van der Waals surface area contributed by atoms with E-state index in [0.717, 1.165) is 18.2 Å². The normalized spacial score (nSPS) is 13.2. The first-order chi connectivity index (χ1) is 13.0. The molecule has 0 aliphatic carbocycles. The van der Waals surface area contributed by atoms with Gasteiger partial charge in [0.25, 0.3) is 0 Å². The topological polar surface area (TPSA) is 49.1 Å². The number of amidine groups is 1. The van der Waals surface area contributed by atoms with Crippen LogP contribution in [-0.2, 0) is 0 Å². The number of alkyl halides is 2. The molecule has 27 heavy (non-hydrogen) atoms. The van der Waals surface area contributed by atoms with Crippen LogP contribution in [-0.4, -0.2) is 35.6 Å². The lowest BCUT2D eigenvalue weighted by Gasteiger charge is -2.10. The van der Waals surface area contributed by atoms with E-state index < -0.39 is 17.5 Å². The summed E-state index contributed by atoms with van der Waals surface area (Å²) >= 11 is 11.4. The molecule has 0 saturated carbocycles. The van der Waals surface area contributed by atoms with Gasteiger partial charge in [0.2, 0.25) is 0 Å². The van der Waals surface area contributed by atoms with Crippen LogP contribution in [0.2, 0.25) is 0 Å². The highest BCUT2D eigenvalue weighted by Gasteiger charge is 2.22. The van der Waals surface area contributed by atoms with Gasteiger partial charge >= 0.3 is 0 Å². The van der Waals surface area contributed by atoms with Crippen molar-refractivity contribution in [3.8, 4) is 0 Å². The molecule has 1 aliphatic heterocycles. The quantitative estimate of drug-likeness (QED) is 0.451. The molecule has 2 aromatic rings. The van der Waals surface area contributed by atoms with Crippen LogP contribution >= 0.6 is 23.2 Å². The van der Waals surface area contributed by atoms with Gasteiger partial charge in [-0.1, -0.05) is 6.07 Å². The predicted molar refractivity (Wildman–Crippen MR) is 102 cm³/mol. The number of halogens is 5. The monoisotopic (exact) mass is 412 g/mol. The number of nitrogens with one attached hydrogen (secondary N) is 1. The molecule has 0 aromatic heterocycles. The number of benzene rings is 2. The van der Waals surface area contributed by atoms with Crippen molar-refractivity contribution >= 4 is 46.1 Å². The first kappa shape index (κ1) is 19.4. The zero-order valence-corrected chi connectivity index (χ0v) is 15.3. The highest BCUT2D eigenvalue weighted by Crippen LogP contribution is 2.28. The summed E-state index contributed by atoms with van der Waals surface area (Å²) in [6.45, 7) is -0.0548. The van der Waals surface area contributed by atoms with Crippen molar-refractivity contribution in [3.63, 3.8) is 0 Å². The van der Waals surface area contributed by atoms with E-state index >= 15 is 0 Å². The third-order valence-corrected chi connectivity index (χ3v) is 4.32. The predicted octanol–water partition coefficient (Wildman–Crippen LogP) is 4.41. The minimum atomic E-state index is -0.801. The standard InChI is InChI=1S/C18H13Cl2F3N4/c19-7-11(8-20)26-27-16-9-24-18(17-13(22)2-1-3-14(17)23)12-6-10(21)4-5-15(12)25-16/h1-6H,7-9H2,(H,25,27). The molecular formula is C18H13Cl2F3N4. The van der Waals surface area contributed by atoms with Crippen molar-refractivity contribution in [2.24, 2.45) is 15.1 Å². The van der Waals surface area contributed by atoms with Crippen LogP contribution in [0.4, 0.5) is 18.9 Å². The first-order valence-electron chi connectivity index (χ1n) is 7.83. The number of fused-ring (bicyclic) bond motifs is 1. The number of hydrogen-bond acceptors (Lipinski definition) is 4. The molecule has 1 heterocycles. The molecule has 1 aliphatic rings. The number of nitrogens with zero attached hydrogens (tertiary/aromatic N) is 3. The van der Waals surface area contributed by atoms with E-state index in [1.54, 1.807) is 0 Å². The van der Waals surface area contributed by atoms with Gasteiger partial charge in [0.15, 0.2) is 0 Å². The van der Waals surface area contributed by atoms with Crippen molar-refractivity contribution in [2.45, 2.75) is 0 Å². The van der Waals surface area contributed by atoms with Gasteiger partial charge in [0.05, 0.1) is 41.0 Å². The fourth-order valence-electron chi connectivity index (χ4n) is 2.45. The van der Waals surface area contributed by atoms with Gasteiger partial charge in [-0.2, -0.15) is 5.10 Å². The highest BCUT2D eigenvalue weighted by atomic mass is 35.5. The van der Waals surface area contributed by atoms with E-state index in [2.05, 4.69) is 20.5 Å². The van der Waals surface area contributed by atoms with E-state index in [4.69, 9.17) is 23.2 Å². The van der Waals surface area contributed by atoms with Crippen LogP contribution in [0.25, 0.3) is 0 Å². The SMILES string of the molecule is Fc1ccc2c(c1)C(c1c(F)cccc1F)=NCC(NN=C(CCl)CCl)=N2. The molecule has 2 aromatic carbocycles. The maximum Gasteiger partial charge on any atom is 0.144 e. The van der Waals surface area contributed by atoms with Gasteiger partial charge in [-0.3, -0.25) is 10.4 Å². The van der Waals surface area contributed by atoms with E-state index in [9.17, 15) is 13.2 Å². The summed E-state index contributed by atoms with van der Waals surface area (Å²) in [4.78, 5) is 8.59. The summed E-state index contributed by atoms with van der Waals surface area (Å²) in [6, 6.07) is 7.21. The Balaban J connectivity index is 2.09. The molecule has 3 rings (SSSR count). The van der Waals surface area contributed by atoms with Crippen LogP contribution in [0.1, 0.15) is 11.1 Å². The average molecular weight is 413 g/mol. The Labute approximate surface area is 163 Å².